The van der Waals surface area contributed by atoms with E-state index in [0.29, 0.717) is 19.4 Å². The van der Waals surface area contributed by atoms with E-state index < -0.39 is 11.4 Å². The predicted molar refractivity (Wildman–Crippen MR) is 54.9 cm³/mol. The summed E-state index contributed by atoms with van der Waals surface area (Å²) in [5.74, 6) is 1.92. The zero-order valence-corrected chi connectivity index (χ0v) is 8.62. The second-order valence-corrected chi connectivity index (χ2v) is 3.92. The summed E-state index contributed by atoms with van der Waals surface area (Å²) >= 11 is 0. The van der Waals surface area contributed by atoms with Gasteiger partial charge in [-0.15, -0.1) is 12.3 Å². The molecule has 0 amide bonds. The Bertz CT molecular complexity index is 257. The molecule has 1 atom stereocenters. The predicted octanol–water partition coefficient (Wildman–Crippen LogP) is 1.20. The number of carbonyl (C=O) groups is 1. The Morgan fingerprint density at radius 2 is 2.43 bits per heavy atom. The van der Waals surface area contributed by atoms with E-state index >= 15 is 0 Å². The van der Waals surface area contributed by atoms with Gasteiger partial charge >= 0.3 is 5.97 Å². The van der Waals surface area contributed by atoms with Gasteiger partial charge in [0.05, 0.1) is 5.41 Å². The van der Waals surface area contributed by atoms with E-state index in [1.54, 1.807) is 0 Å². The van der Waals surface area contributed by atoms with Crippen molar-refractivity contribution in [2.24, 2.45) is 5.41 Å². The molecule has 1 heterocycles. The first-order valence-electron chi connectivity index (χ1n) is 5.04. The zero-order valence-electron chi connectivity index (χ0n) is 8.62. The van der Waals surface area contributed by atoms with Gasteiger partial charge in [0.1, 0.15) is 0 Å². The minimum atomic E-state index is -0.664. The van der Waals surface area contributed by atoms with Crippen molar-refractivity contribution < 1.29 is 9.90 Å². The fourth-order valence-corrected chi connectivity index (χ4v) is 1.99. The number of nitrogens with zero attached hydrogens (tertiary/aromatic N) is 1. The molecule has 1 fully saturated rings. The quantitative estimate of drug-likeness (QED) is 0.685. The van der Waals surface area contributed by atoms with E-state index in [1.165, 1.54) is 0 Å². The lowest BCUT2D eigenvalue weighted by Gasteiger charge is -2.22. The van der Waals surface area contributed by atoms with Gasteiger partial charge in [0.15, 0.2) is 0 Å². The van der Waals surface area contributed by atoms with Crippen molar-refractivity contribution in [3.05, 3.63) is 0 Å². The molecule has 3 heteroatoms. The monoisotopic (exact) mass is 195 g/mol. The molecule has 0 spiro atoms. The van der Waals surface area contributed by atoms with Gasteiger partial charge in [0.25, 0.3) is 0 Å². The van der Waals surface area contributed by atoms with Crippen molar-refractivity contribution in [2.45, 2.75) is 26.2 Å². The van der Waals surface area contributed by atoms with Gasteiger partial charge in [0, 0.05) is 19.5 Å². The van der Waals surface area contributed by atoms with Crippen LogP contribution in [0.15, 0.2) is 0 Å². The number of carboxylic acid groups (broad SMARTS) is 1. The summed E-state index contributed by atoms with van der Waals surface area (Å²) in [6.45, 7) is 4.28. The van der Waals surface area contributed by atoms with E-state index in [9.17, 15) is 4.79 Å². The van der Waals surface area contributed by atoms with Gasteiger partial charge in [-0.2, -0.15) is 0 Å². The van der Waals surface area contributed by atoms with Crippen molar-refractivity contribution in [2.75, 3.05) is 19.6 Å². The molecule has 0 aromatic rings. The highest BCUT2D eigenvalue weighted by Crippen LogP contribution is 2.33. The lowest BCUT2D eigenvalue weighted by Crippen LogP contribution is -2.34. The highest BCUT2D eigenvalue weighted by molar-refractivity contribution is 5.75. The highest BCUT2D eigenvalue weighted by Gasteiger charge is 2.42. The number of likely N-dealkylation sites (tertiary alicyclic amines) is 1. The van der Waals surface area contributed by atoms with Crippen molar-refractivity contribution in [3.8, 4) is 12.3 Å². The fourth-order valence-electron chi connectivity index (χ4n) is 1.99. The Morgan fingerprint density at radius 1 is 1.71 bits per heavy atom. The maximum absolute atomic E-state index is 11.1. The second-order valence-electron chi connectivity index (χ2n) is 3.92. The number of carboxylic acids is 1. The molecule has 1 unspecified atom stereocenters. The first-order chi connectivity index (χ1) is 6.64. The Hall–Kier alpha value is -1.01. The molecule has 1 aliphatic rings. The summed E-state index contributed by atoms with van der Waals surface area (Å²) in [6.07, 6.45) is 7.34. The Balaban J connectivity index is 2.54. The first-order valence-corrected chi connectivity index (χ1v) is 5.04. The molecule has 0 radical (unpaired) electrons. The van der Waals surface area contributed by atoms with Crippen LogP contribution in [-0.4, -0.2) is 35.6 Å². The van der Waals surface area contributed by atoms with E-state index in [-0.39, 0.29) is 0 Å². The molecule has 1 saturated heterocycles. The standard InChI is InChI=1S/C11H17NO2/c1-3-5-7-12-8-6-11(4-2,9-12)10(13)14/h1H,4-9H2,2H3,(H,13,14). The smallest absolute Gasteiger partial charge is 0.310 e. The van der Waals surface area contributed by atoms with Crippen LogP contribution in [0.4, 0.5) is 0 Å². The number of aliphatic carboxylic acids is 1. The first kappa shape index (κ1) is 11.1. The minimum Gasteiger partial charge on any atom is -0.481 e. The van der Waals surface area contributed by atoms with Crippen molar-refractivity contribution in [1.82, 2.24) is 4.90 Å². The van der Waals surface area contributed by atoms with Crippen LogP contribution in [0.1, 0.15) is 26.2 Å². The second kappa shape index (κ2) is 4.47. The van der Waals surface area contributed by atoms with E-state index in [1.807, 2.05) is 6.92 Å². The third-order valence-corrected chi connectivity index (χ3v) is 3.14. The van der Waals surface area contributed by atoms with Gasteiger partial charge in [-0.05, 0) is 19.4 Å². The average Bonchev–Trinajstić information content (AvgIpc) is 2.59. The van der Waals surface area contributed by atoms with Crippen LogP contribution in [0.5, 0.6) is 0 Å². The van der Waals surface area contributed by atoms with E-state index in [2.05, 4.69) is 10.8 Å². The summed E-state index contributed by atoms with van der Waals surface area (Å²) in [6, 6.07) is 0. The molecule has 0 aromatic heterocycles. The molecule has 1 N–H and O–H groups in total. The van der Waals surface area contributed by atoms with E-state index in [4.69, 9.17) is 11.5 Å². The minimum absolute atomic E-state index is 0.519. The lowest BCUT2D eigenvalue weighted by molar-refractivity contribution is -0.148. The molecule has 0 aromatic carbocycles. The Kier molecular flexibility index (Phi) is 3.54. The van der Waals surface area contributed by atoms with Crippen LogP contribution in [0, 0.1) is 17.8 Å². The van der Waals surface area contributed by atoms with Crippen molar-refractivity contribution >= 4 is 5.97 Å². The van der Waals surface area contributed by atoms with Gasteiger partial charge < -0.3 is 10.0 Å². The normalized spacial score (nSPS) is 27.4. The van der Waals surface area contributed by atoms with Crippen molar-refractivity contribution in [3.63, 3.8) is 0 Å². The third kappa shape index (κ3) is 2.08. The Morgan fingerprint density at radius 3 is 2.86 bits per heavy atom. The average molecular weight is 195 g/mol. The fraction of sp³-hybridized carbons (Fsp3) is 0.727. The number of terminal acetylenes is 1. The third-order valence-electron chi connectivity index (χ3n) is 3.14. The molecule has 14 heavy (non-hydrogen) atoms. The van der Waals surface area contributed by atoms with Crippen LogP contribution in [0.2, 0.25) is 0 Å². The van der Waals surface area contributed by atoms with Crippen molar-refractivity contribution in [1.29, 1.82) is 0 Å². The number of hydrogen-bond acceptors (Lipinski definition) is 2. The van der Waals surface area contributed by atoms with Crippen LogP contribution in [-0.2, 0) is 4.79 Å². The molecule has 1 rings (SSSR count). The van der Waals surface area contributed by atoms with Crippen LogP contribution < -0.4 is 0 Å². The molecule has 0 bridgehead atoms. The maximum Gasteiger partial charge on any atom is 0.310 e. The largest absolute Gasteiger partial charge is 0.481 e. The number of rotatable bonds is 4. The van der Waals surface area contributed by atoms with Gasteiger partial charge in [-0.1, -0.05) is 6.92 Å². The summed E-state index contributed by atoms with van der Waals surface area (Å²) < 4.78 is 0. The van der Waals surface area contributed by atoms with Crippen LogP contribution in [0.25, 0.3) is 0 Å². The summed E-state index contributed by atoms with van der Waals surface area (Å²) in [5, 5.41) is 9.14. The topological polar surface area (TPSA) is 40.5 Å². The summed E-state index contributed by atoms with van der Waals surface area (Å²) in [7, 11) is 0. The highest BCUT2D eigenvalue weighted by atomic mass is 16.4. The zero-order chi connectivity index (χ0) is 10.6. The molecule has 78 valence electrons. The van der Waals surface area contributed by atoms with Crippen LogP contribution >= 0.6 is 0 Å². The lowest BCUT2D eigenvalue weighted by atomic mass is 9.84. The molecular formula is C11H17NO2. The van der Waals surface area contributed by atoms with E-state index in [0.717, 1.165) is 19.5 Å². The molecular weight excluding hydrogens is 178 g/mol. The van der Waals surface area contributed by atoms with Gasteiger partial charge in [-0.3, -0.25) is 4.79 Å². The summed E-state index contributed by atoms with van der Waals surface area (Å²) in [5.41, 5.74) is -0.519. The maximum atomic E-state index is 11.1. The molecule has 0 saturated carbocycles. The van der Waals surface area contributed by atoms with Gasteiger partial charge in [0.2, 0.25) is 0 Å². The molecule has 3 nitrogen and oxygen atoms in total. The van der Waals surface area contributed by atoms with Gasteiger partial charge in [-0.25, -0.2) is 0 Å². The SMILES string of the molecule is C#CCCN1CCC(CC)(C(=O)O)C1. The van der Waals surface area contributed by atoms with Crippen LogP contribution in [0.3, 0.4) is 0 Å². The molecule has 0 aliphatic carbocycles. The molecule has 1 aliphatic heterocycles. The number of hydrogen-bond donors (Lipinski definition) is 1. The summed E-state index contributed by atoms with van der Waals surface area (Å²) in [4.78, 5) is 13.3. The Labute approximate surface area is 85.1 Å².